The summed E-state index contributed by atoms with van der Waals surface area (Å²) in [4.78, 5) is 13.8. The van der Waals surface area contributed by atoms with Crippen LogP contribution in [0.4, 0.5) is 5.69 Å². The summed E-state index contributed by atoms with van der Waals surface area (Å²) in [5.41, 5.74) is 0.795. The van der Waals surface area contributed by atoms with E-state index in [2.05, 4.69) is 4.72 Å². The summed E-state index contributed by atoms with van der Waals surface area (Å²) in [6.07, 6.45) is 0.335. The van der Waals surface area contributed by atoms with Crippen LogP contribution in [-0.4, -0.2) is 52.9 Å². The molecule has 8 heteroatoms. The van der Waals surface area contributed by atoms with Crippen LogP contribution >= 0.6 is 0 Å². The zero-order chi connectivity index (χ0) is 16.3. The Morgan fingerprint density at radius 2 is 1.95 bits per heavy atom. The quantitative estimate of drug-likeness (QED) is 0.822. The third-order valence-corrected chi connectivity index (χ3v) is 5.12. The second-order valence-corrected chi connectivity index (χ2v) is 7.38. The smallest absolute Gasteiger partial charge is 0.278 e. The Hall–Kier alpha value is -1.64. The van der Waals surface area contributed by atoms with Gasteiger partial charge in [0.1, 0.15) is 5.75 Å². The van der Waals surface area contributed by atoms with Crippen LogP contribution in [0.15, 0.2) is 24.3 Å². The zero-order valence-corrected chi connectivity index (χ0v) is 13.8. The van der Waals surface area contributed by atoms with Crippen LogP contribution in [0.1, 0.15) is 6.42 Å². The van der Waals surface area contributed by atoms with Gasteiger partial charge in [-0.2, -0.15) is 12.7 Å². The van der Waals surface area contributed by atoms with Crippen LogP contribution in [-0.2, 0) is 15.0 Å². The van der Waals surface area contributed by atoms with Gasteiger partial charge in [0.2, 0.25) is 5.91 Å². The van der Waals surface area contributed by atoms with E-state index in [1.54, 1.807) is 24.1 Å². The van der Waals surface area contributed by atoms with E-state index in [9.17, 15) is 13.2 Å². The highest BCUT2D eigenvalue weighted by Crippen LogP contribution is 2.26. The Morgan fingerprint density at radius 1 is 1.32 bits per heavy atom. The van der Waals surface area contributed by atoms with E-state index in [0.29, 0.717) is 13.0 Å². The first-order chi connectivity index (χ1) is 10.3. The molecule has 1 atom stereocenters. The van der Waals surface area contributed by atoms with Gasteiger partial charge in [-0.15, -0.1) is 0 Å². The maximum Gasteiger partial charge on any atom is 0.278 e. The second kappa shape index (κ2) is 6.64. The lowest BCUT2D eigenvalue weighted by molar-refractivity contribution is -0.117. The third-order valence-electron chi connectivity index (χ3n) is 3.62. The molecule has 0 saturated carbocycles. The average Bonchev–Trinajstić information content (AvgIpc) is 2.86. The number of carbonyl (C=O) groups is 1. The fourth-order valence-corrected chi connectivity index (χ4v) is 2.99. The number of ether oxygens (including phenoxy) is 1. The van der Waals surface area contributed by atoms with Gasteiger partial charge in [-0.05, 0) is 30.2 Å². The van der Waals surface area contributed by atoms with Crippen molar-refractivity contribution in [3.05, 3.63) is 24.3 Å². The highest BCUT2D eigenvalue weighted by atomic mass is 32.2. The van der Waals surface area contributed by atoms with E-state index in [1.807, 2.05) is 12.1 Å². The first-order valence-electron chi connectivity index (χ1n) is 6.95. The molecular formula is C14H21N3O4S. The first-order valence-corrected chi connectivity index (χ1v) is 8.39. The van der Waals surface area contributed by atoms with Crippen molar-refractivity contribution < 1.29 is 17.9 Å². The summed E-state index contributed by atoms with van der Waals surface area (Å²) < 4.78 is 32.1. The van der Waals surface area contributed by atoms with E-state index in [4.69, 9.17) is 4.74 Å². The number of benzene rings is 1. The van der Waals surface area contributed by atoms with Gasteiger partial charge in [0, 0.05) is 39.3 Å². The van der Waals surface area contributed by atoms with Crippen LogP contribution in [0.25, 0.3) is 0 Å². The number of nitrogens with zero attached hydrogens (tertiary/aromatic N) is 2. The van der Waals surface area contributed by atoms with Gasteiger partial charge in [-0.1, -0.05) is 0 Å². The predicted molar refractivity (Wildman–Crippen MR) is 84.1 cm³/mol. The molecule has 1 aliphatic rings. The van der Waals surface area contributed by atoms with Crippen molar-refractivity contribution in [3.8, 4) is 5.75 Å². The summed E-state index contributed by atoms with van der Waals surface area (Å²) in [5.74, 6) is 0.689. The molecular weight excluding hydrogens is 306 g/mol. The van der Waals surface area contributed by atoms with Gasteiger partial charge in [-0.25, -0.2) is 4.72 Å². The molecule has 2 rings (SSSR count). The Bertz CT molecular complexity index is 628. The van der Waals surface area contributed by atoms with Crippen LogP contribution < -0.4 is 14.4 Å². The van der Waals surface area contributed by atoms with Gasteiger partial charge in [0.25, 0.3) is 10.2 Å². The number of methoxy groups -OCH3 is 1. The van der Waals surface area contributed by atoms with Crippen molar-refractivity contribution in [2.24, 2.45) is 5.92 Å². The van der Waals surface area contributed by atoms with Crippen LogP contribution in [0.2, 0.25) is 0 Å². The molecule has 0 bridgehead atoms. The van der Waals surface area contributed by atoms with Crippen molar-refractivity contribution in [1.29, 1.82) is 0 Å². The number of rotatable bonds is 6. The van der Waals surface area contributed by atoms with Crippen LogP contribution in [0.5, 0.6) is 5.75 Å². The summed E-state index contributed by atoms with van der Waals surface area (Å²) in [6.45, 7) is 0.750. The van der Waals surface area contributed by atoms with E-state index in [1.165, 1.54) is 14.1 Å². The zero-order valence-electron chi connectivity index (χ0n) is 12.9. The molecule has 22 heavy (non-hydrogen) atoms. The fraction of sp³-hybridized carbons (Fsp3) is 0.500. The number of carbonyl (C=O) groups excluding carboxylic acids is 1. The van der Waals surface area contributed by atoms with Gasteiger partial charge >= 0.3 is 0 Å². The molecule has 1 aromatic rings. The minimum Gasteiger partial charge on any atom is -0.497 e. The lowest BCUT2D eigenvalue weighted by Crippen LogP contribution is -2.38. The van der Waals surface area contributed by atoms with Crippen molar-refractivity contribution in [3.63, 3.8) is 0 Å². The Kier molecular flexibility index (Phi) is 5.05. The van der Waals surface area contributed by atoms with Gasteiger partial charge in [0.15, 0.2) is 0 Å². The second-order valence-electron chi connectivity index (χ2n) is 5.41. The molecule has 1 aliphatic heterocycles. The predicted octanol–water partition coefficient (Wildman–Crippen LogP) is 0.444. The third kappa shape index (κ3) is 3.76. The molecule has 0 aromatic heterocycles. The molecule has 1 aromatic carbocycles. The molecule has 0 spiro atoms. The summed E-state index contributed by atoms with van der Waals surface area (Å²) in [7, 11) is 1.06. The Labute approximate surface area is 131 Å². The largest absolute Gasteiger partial charge is 0.497 e. The van der Waals surface area contributed by atoms with Crippen LogP contribution in [0, 0.1) is 5.92 Å². The number of anilines is 1. The number of hydrogen-bond acceptors (Lipinski definition) is 4. The maximum atomic E-state index is 12.1. The summed E-state index contributed by atoms with van der Waals surface area (Å²) in [6, 6.07) is 7.24. The average molecular weight is 327 g/mol. The minimum atomic E-state index is -3.46. The van der Waals surface area contributed by atoms with Gasteiger partial charge in [0.05, 0.1) is 7.11 Å². The summed E-state index contributed by atoms with van der Waals surface area (Å²) in [5, 5.41) is 0. The topological polar surface area (TPSA) is 79.0 Å². The van der Waals surface area contributed by atoms with E-state index < -0.39 is 10.2 Å². The standard InChI is InChI=1S/C14H21N3O4S/c1-16(2)22(19,20)15-9-11-8-14(18)17(10-11)12-4-6-13(21-3)7-5-12/h4-7,11,15H,8-10H2,1-3H3. The Balaban J connectivity index is 1.98. The number of nitrogens with one attached hydrogen (secondary N) is 1. The van der Waals surface area contributed by atoms with Crippen molar-refractivity contribution in [2.75, 3.05) is 39.2 Å². The first kappa shape index (κ1) is 16.7. The van der Waals surface area contributed by atoms with Crippen molar-refractivity contribution in [1.82, 2.24) is 9.03 Å². The normalized spacial score (nSPS) is 19.0. The lowest BCUT2D eigenvalue weighted by atomic mass is 10.1. The van der Waals surface area contributed by atoms with E-state index >= 15 is 0 Å². The highest BCUT2D eigenvalue weighted by molar-refractivity contribution is 7.87. The van der Waals surface area contributed by atoms with Crippen molar-refractivity contribution in [2.45, 2.75) is 6.42 Å². The Morgan fingerprint density at radius 3 is 2.50 bits per heavy atom. The molecule has 1 amide bonds. The van der Waals surface area contributed by atoms with Crippen LogP contribution in [0.3, 0.4) is 0 Å². The lowest BCUT2D eigenvalue weighted by Gasteiger charge is -2.18. The van der Waals surface area contributed by atoms with Crippen molar-refractivity contribution >= 4 is 21.8 Å². The number of amides is 1. The highest BCUT2D eigenvalue weighted by Gasteiger charge is 2.31. The molecule has 122 valence electrons. The molecule has 7 nitrogen and oxygen atoms in total. The van der Waals surface area contributed by atoms with E-state index in [-0.39, 0.29) is 18.4 Å². The molecule has 1 N–H and O–H groups in total. The fourth-order valence-electron chi connectivity index (χ4n) is 2.28. The molecule has 0 aliphatic carbocycles. The molecule has 1 saturated heterocycles. The summed E-state index contributed by atoms with van der Waals surface area (Å²) >= 11 is 0. The molecule has 0 radical (unpaired) electrons. The van der Waals surface area contributed by atoms with Gasteiger partial charge < -0.3 is 9.64 Å². The maximum absolute atomic E-state index is 12.1. The SMILES string of the molecule is COc1ccc(N2CC(CNS(=O)(=O)N(C)C)CC2=O)cc1. The molecule has 1 unspecified atom stereocenters. The number of hydrogen-bond donors (Lipinski definition) is 1. The van der Waals surface area contributed by atoms with Gasteiger partial charge in [-0.3, -0.25) is 4.79 Å². The van der Waals surface area contributed by atoms with E-state index in [0.717, 1.165) is 15.7 Å². The monoisotopic (exact) mass is 327 g/mol. The molecule has 1 heterocycles. The minimum absolute atomic E-state index is 0.000724. The molecule has 1 fully saturated rings.